The van der Waals surface area contributed by atoms with Crippen molar-refractivity contribution < 1.29 is 4.74 Å². The van der Waals surface area contributed by atoms with Gasteiger partial charge in [-0.3, -0.25) is 4.99 Å². The molecule has 0 aromatic heterocycles. The van der Waals surface area contributed by atoms with Gasteiger partial charge in [0.1, 0.15) is 0 Å². The van der Waals surface area contributed by atoms with Crippen molar-refractivity contribution in [3.8, 4) is 0 Å². The summed E-state index contributed by atoms with van der Waals surface area (Å²) in [5, 5.41) is 3.44. The smallest absolute Gasteiger partial charge is 0.193 e. The van der Waals surface area contributed by atoms with Crippen LogP contribution < -0.4 is 10.2 Å². The number of nitrogens with zero attached hydrogens (tertiary/aromatic N) is 3. The number of hydrogen-bond acceptors (Lipinski definition) is 3. The summed E-state index contributed by atoms with van der Waals surface area (Å²) >= 11 is 0. The first kappa shape index (κ1) is 19.6. The minimum Gasteiger partial charge on any atom is -0.378 e. The molecule has 1 aromatic carbocycles. The molecular formula is C20H34N4O. The van der Waals surface area contributed by atoms with Gasteiger partial charge < -0.3 is 19.9 Å². The molecule has 140 valence electrons. The lowest BCUT2D eigenvalue weighted by Crippen LogP contribution is -2.47. The summed E-state index contributed by atoms with van der Waals surface area (Å²) in [6.45, 7) is 8.77. The van der Waals surface area contributed by atoms with E-state index < -0.39 is 0 Å². The second-order valence-corrected chi connectivity index (χ2v) is 6.69. The van der Waals surface area contributed by atoms with Crippen LogP contribution in [0.2, 0.25) is 0 Å². The molecule has 0 spiro atoms. The molecule has 1 saturated heterocycles. The molecule has 1 aromatic rings. The van der Waals surface area contributed by atoms with Crippen LogP contribution in [0.5, 0.6) is 0 Å². The fourth-order valence-electron chi connectivity index (χ4n) is 3.15. The van der Waals surface area contributed by atoms with Crippen molar-refractivity contribution in [3.05, 3.63) is 29.8 Å². The first-order chi connectivity index (χ1) is 12.1. The Morgan fingerprint density at radius 3 is 2.44 bits per heavy atom. The fourth-order valence-corrected chi connectivity index (χ4v) is 3.15. The molecule has 2 rings (SSSR count). The maximum atomic E-state index is 5.75. The number of anilines is 1. The average Bonchev–Trinajstić information content (AvgIpc) is 2.62. The van der Waals surface area contributed by atoms with Crippen molar-refractivity contribution in [1.82, 2.24) is 10.2 Å². The first-order valence-electron chi connectivity index (χ1n) is 9.55. The monoisotopic (exact) mass is 346 g/mol. The van der Waals surface area contributed by atoms with E-state index in [1.807, 2.05) is 0 Å². The van der Waals surface area contributed by atoms with Gasteiger partial charge in [0.15, 0.2) is 5.96 Å². The van der Waals surface area contributed by atoms with Gasteiger partial charge in [0.2, 0.25) is 0 Å². The van der Waals surface area contributed by atoms with Crippen LogP contribution in [0, 0.1) is 0 Å². The number of piperidine rings is 1. The number of ether oxygens (including phenoxy) is 1. The molecule has 1 aliphatic heterocycles. The number of hydrogen-bond donors (Lipinski definition) is 1. The minimum absolute atomic E-state index is 0.416. The maximum Gasteiger partial charge on any atom is 0.193 e. The molecule has 0 atom stereocenters. The van der Waals surface area contributed by atoms with Gasteiger partial charge in [-0.2, -0.15) is 0 Å². The normalized spacial score (nSPS) is 16.2. The molecule has 1 fully saturated rings. The van der Waals surface area contributed by atoms with Gasteiger partial charge in [-0.15, -0.1) is 0 Å². The lowest BCUT2D eigenvalue weighted by Gasteiger charge is -2.34. The summed E-state index contributed by atoms with van der Waals surface area (Å²) in [5.41, 5.74) is 2.57. The second-order valence-electron chi connectivity index (χ2n) is 6.69. The standard InChI is InChI=1S/C20H34N4O/c1-5-21-20(24-15-12-19(13-16-24)25-6-2)22-14-11-17-7-9-18(10-8-17)23(3)4/h7-10,19H,5-6,11-16H2,1-4H3,(H,21,22). The highest BCUT2D eigenvalue weighted by atomic mass is 16.5. The van der Waals surface area contributed by atoms with Crippen molar-refractivity contribution in [2.24, 2.45) is 4.99 Å². The predicted octanol–water partition coefficient (Wildman–Crippen LogP) is 2.76. The zero-order valence-electron chi connectivity index (χ0n) is 16.3. The van der Waals surface area contributed by atoms with E-state index in [4.69, 9.17) is 9.73 Å². The van der Waals surface area contributed by atoms with Crippen molar-refractivity contribution in [3.63, 3.8) is 0 Å². The van der Waals surface area contributed by atoms with E-state index in [1.54, 1.807) is 0 Å². The van der Waals surface area contributed by atoms with Crippen LogP contribution in [-0.2, 0) is 11.2 Å². The van der Waals surface area contributed by atoms with Crippen LogP contribution in [0.1, 0.15) is 32.3 Å². The van der Waals surface area contributed by atoms with E-state index in [0.717, 1.165) is 58.0 Å². The molecule has 25 heavy (non-hydrogen) atoms. The van der Waals surface area contributed by atoms with E-state index in [9.17, 15) is 0 Å². The van der Waals surface area contributed by atoms with Crippen molar-refractivity contribution in [2.45, 2.75) is 39.2 Å². The van der Waals surface area contributed by atoms with Crippen LogP contribution in [0.3, 0.4) is 0 Å². The summed E-state index contributed by atoms with van der Waals surface area (Å²) in [4.78, 5) is 9.33. The van der Waals surface area contributed by atoms with Crippen LogP contribution >= 0.6 is 0 Å². The Bertz CT molecular complexity index is 519. The lowest BCUT2D eigenvalue weighted by molar-refractivity contribution is 0.0264. The summed E-state index contributed by atoms with van der Waals surface area (Å²) in [5.74, 6) is 1.04. The highest BCUT2D eigenvalue weighted by molar-refractivity contribution is 5.80. The predicted molar refractivity (Wildman–Crippen MR) is 107 cm³/mol. The fraction of sp³-hybridized carbons (Fsp3) is 0.650. The maximum absolute atomic E-state index is 5.75. The molecule has 5 nitrogen and oxygen atoms in total. The van der Waals surface area contributed by atoms with Gasteiger partial charge in [0, 0.05) is 52.6 Å². The molecule has 1 aliphatic rings. The molecule has 5 heteroatoms. The molecule has 0 unspecified atom stereocenters. The number of aliphatic imine (C=N–C) groups is 1. The van der Waals surface area contributed by atoms with E-state index in [-0.39, 0.29) is 0 Å². The first-order valence-corrected chi connectivity index (χ1v) is 9.55. The molecule has 0 bridgehead atoms. The molecule has 0 radical (unpaired) electrons. The Hall–Kier alpha value is -1.75. The summed E-state index contributed by atoms with van der Waals surface area (Å²) in [6, 6.07) is 8.74. The summed E-state index contributed by atoms with van der Waals surface area (Å²) < 4.78 is 5.75. The molecule has 0 amide bonds. The van der Waals surface area contributed by atoms with Gasteiger partial charge in [0.05, 0.1) is 6.10 Å². The molecular weight excluding hydrogens is 312 g/mol. The Morgan fingerprint density at radius 2 is 1.88 bits per heavy atom. The average molecular weight is 347 g/mol. The number of guanidine groups is 1. The Morgan fingerprint density at radius 1 is 1.20 bits per heavy atom. The van der Waals surface area contributed by atoms with E-state index in [2.05, 4.69) is 67.3 Å². The van der Waals surface area contributed by atoms with Crippen LogP contribution in [0.15, 0.2) is 29.3 Å². The highest BCUT2D eigenvalue weighted by Crippen LogP contribution is 2.15. The van der Waals surface area contributed by atoms with E-state index in [0.29, 0.717) is 6.10 Å². The zero-order chi connectivity index (χ0) is 18.1. The van der Waals surface area contributed by atoms with E-state index >= 15 is 0 Å². The van der Waals surface area contributed by atoms with Crippen molar-refractivity contribution in [2.75, 3.05) is 51.8 Å². The topological polar surface area (TPSA) is 40.1 Å². The zero-order valence-corrected chi connectivity index (χ0v) is 16.3. The van der Waals surface area contributed by atoms with Crippen LogP contribution in [0.4, 0.5) is 5.69 Å². The lowest BCUT2D eigenvalue weighted by atomic mass is 10.1. The number of likely N-dealkylation sites (tertiary alicyclic amines) is 1. The number of benzene rings is 1. The van der Waals surface area contributed by atoms with Crippen molar-refractivity contribution >= 4 is 11.6 Å². The summed E-state index contributed by atoms with van der Waals surface area (Å²) in [7, 11) is 4.13. The summed E-state index contributed by atoms with van der Waals surface area (Å²) in [6.07, 6.45) is 3.56. The third-order valence-corrected chi connectivity index (χ3v) is 4.59. The Balaban J connectivity index is 1.87. The molecule has 0 aliphatic carbocycles. The van der Waals surface area contributed by atoms with Gasteiger partial charge >= 0.3 is 0 Å². The van der Waals surface area contributed by atoms with Gasteiger partial charge in [-0.05, 0) is 50.8 Å². The van der Waals surface area contributed by atoms with Gasteiger partial charge in [-0.1, -0.05) is 12.1 Å². The minimum atomic E-state index is 0.416. The molecule has 1 N–H and O–H groups in total. The SMILES string of the molecule is CCNC(=NCCc1ccc(N(C)C)cc1)N1CCC(OCC)CC1. The van der Waals surface area contributed by atoms with Crippen LogP contribution in [-0.4, -0.2) is 63.8 Å². The van der Waals surface area contributed by atoms with Crippen molar-refractivity contribution in [1.29, 1.82) is 0 Å². The third kappa shape index (κ3) is 6.24. The molecule has 1 heterocycles. The quantitative estimate of drug-likeness (QED) is 0.609. The van der Waals surface area contributed by atoms with Crippen LogP contribution in [0.25, 0.3) is 0 Å². The largest absolute Gasteiger partial charge is 0.378 e. The Kier molecular flexibility index (Phi) is 8.06. The van der Waals surface area contributed by atoms with Gasteiger partial charge in [0.25, 0.3) is 0 Å². The Labute approximate surface area is 153 Å². The second kappa shape index (κ2) is 10.3. The van der Waals surface area contributed by atoms with E-state index in [1.165, 1.54) is 11.3 Å². The number of rotatable bonds is 7. The molecule has 0 saturated carbocycles. The highest BCUT2D eigenvalue weighted by Gasteiger charge is 2.21. The number of nitrogens with one attached hydrogen (secondary N) is 1. The third-order valence-electron chi connectivity index (χ3n) is 4.59. The van der Waals surface area contributed by atoms with Gasteiger partial charge in [-0.25, -0.2) is 0 Å².